The molecule has 22 heavy (non-hydrogen) atoms. The van der Waals surface area contributed by atoms with E-state index in [1.807, 2.05) is 26.1 Å². The highest BCUT2D eigenvalue weighted by Crippen LogP contribution is 2.07. The van der Waals surface area contributed by atoms with Gasteiger partial charge in [0.1, 0.15) is 5.82 Å². The number of anilines is 1. The van der Waals surface area contributed by atoms with Crippen LogP contribution in [0.5, 0.6) is 0 Å². The minimum atomic E-state index is -0.305. The summed E-state index contributed by atoms with van der Waals surface area (Å²) in [5, 5.41) is 14.0. The van der Waals surface area contributed by atoms with Crippen molar-refractivity contribution >= 4 is 35.1 Å². The SMILES string of the molecule is CCn1cc(C=CC(=O)NC(=S)Nc2cc(C)nn2C)cn1. The van der Waals surface area contributed by atoms with Gasteiger partial charge in [-0.05, 0) is 32.1 Å². The molecule has 116 valence electrons. The van der Waals surface area contributed by atoms with E-state index in [1.54, 1.807) is 28.7 Å². The van der Waals surface area contributed by atoms with E-state index in [0.717, 1.165) is 23.6 Å². The van der Waals surface area contributed by atoms with Gasteiger partial charge in [0.05, 0.1) is 11.9 Å². The summed E-state index contributed by atoms with van der Waals surface area (Å²) >= 11 is 5.10. The first-order valence-corrected chi connectivity index (χ1v) is 7.22. The molecule has 0 bridgehead atoms. The van der Waals surface area contributed by atoms with E-state index >= 15 is 0 Å². The second-order valence-electron chi connectivity index (χ2n) is 4.70. The predicted octanol–water partition coefficient (Wildman–Crippen LogP) is 1.47. The maximum Gasteiger partial charge on any atom is 0.250 e. The van der Waals surface area contributed by atoms with Crippen LogP contribution in [0.25, 0.3) is 6.08 Å². The van der Waals surface area contributed by atoms with Crippen LogP contribution in [0, 0.1) is 6.92 Å². The molecule has 0 aliphatic heterocycles. The molecule has 2 heterocycles. The minimum absolute atomic E-state index is 0.224. The smallest absolute Gasteiger partial charge is 0.250 e. The molecule has 0 unspecified atom stereocenters. The van der Waals surface area contributed by atoms with E-state index in [9.17, 15) is 4.79 Å². The molecule has 0 fully saturated rings. The summed E-state index contributed by atoms with van der Waals surface area (Å²) in [5.41, 5.74) is 1.73. The molecule has 0 aliphatic carbocycles. The molecule has 0 aliphatic rings. The van der Waals surface area contributed by atoms with Gasteiger partial charge < -0.3 is 5.32 Å². The highest BCUT2D eigenvalue weighted by atomic mass is 32.1. The van der Waals surface area contributed by atoms with Crippen molar-refractivity contribution in [3.05, 3.63) is 35.8 Å². The summed E-state index contributed by atoms with van der Waals surface area (Å²) < 4.78 is 3.44. The van der Waals surface area contributed by atoms with Crippen LogP contribution >= 0.6 is 12.2 Å². The van der Waals surface area contributed by atoms with Crippen molar-refractivity contribution in [2.24, 2.45) is 7.05 Å². The quantitative estimate of drug-likeness (QED) is 0.659. The molecule has 0 saturated carbocycles. The van der Waals surface area contributed by atoms with Gasteiger partial charge in [0.25, 0.3) is 0 Å². The van der Waals surface area contributed by atoms with Crippen LogP contribution in [0.2, 0.25) is 0 Å². The summed E-state index contributed by atoms with van der Waals surface area (Å²) in [6.07, 6.45) is 6.66. The monoisotopic (exact) mass is 318 g/mol. The molecular weight excluding hydrogens is 300 g/mol. The zero-order chi connectivity index (χ0) is 16.1. The molecule has 8 heteroatoms. The van der Waals surface area contributed by atoms with Crippen LogP contribution in [0.4, 0.5) is 5.82 Å². The number of carbonyl (C=O) groups excluding carboxylic acids is 1. The standard InChI is InChI=1S/C14H18N6OS/c1-4-20-9-11(8-15-20)5-6-13(21)17-14(22)16-12-7-10(2)18-19(12)3/h5-9H,4H2,1-3H3,(H2,16,17,21,22). The van der Waals surface area contributed by atoms with Crippen molar-refractivity contribution in [3.8, 4) is 0 Å². The van der Waals surface area contributed by atoms with E-state index in [1.165, 1.54) is 6.08 Å². The Morgan fingerprint density at radius 1 is 1.50 bits per heavy atom. The van der Waals surface area contributed by atoms with E-state index in [0.29, 0.717) is 0 Å². The van der Waals surface area contributed by atoms with E-state index < -0.39 is 0 Å². The van der Waals surface area contributed by atoms with E-state index in [4.69, 9.17) is 12.2 Å². The van der Waals surface area contributed by atoms with Gasteiger partial charge in [0, 0.05) is 37.5 Å². The maximum absolute atomic E-state index is 11.8. The Labute approximate surface area is 134 Å². The van der Waals surface area contributed by atoms with E-state index in [2.05, 4.69) is 20.8 Å². The number of nitrogens with one attached hydrogen (secondary N) is 2. The Balaban J connectivity index is 1.88. The lowest BCUT2D eigenvalue weighted by molar-refractivity contribution is -0.115. The number of nitrogens with zero attached hydrogens (tertiary/aromatic N) is 4. The molecule has 1 amide bonds. The van der Waals surface area contributed by atoms with Gasteiger partial charge in [0.2, 0.25) is 5.91 Å². The van der Waals surface area contributed by atoms with Gasteiger partial charge in [0.15, 0.2) is 5.11 Å². The van der Waals surface area contributed by atoms with Crippen LogP contribution in [-0.2, 0) is 18.4 Å². The summed E-state index contributed by atoms with van der Waals surface area (Å²) in [6.45, 7) is 4.67. The highest BCUT2D eigenvalue weighted by molar-refractivity contribution is 7.80. The fourth-order valence-corrected chi connectivity index (χ4v) is 2.04. The average molecular weight is 318 g/mol. The molecule has 2 aromatic heterocycles. The number of thiocarbonyl (C=S) groups is 1. The van der Waals surface area contributed by atoms with Crippen LogP contribution in [0.15, 0.2) is 24.5 Å². The van der Waals surface area contributed by atoms with Crippen molar-refractivity contribution in [1.29, 1.82) is 0 Å². The molecule has 0 saturated heterocycles. The van der Waals surface area contributed by atoms with Crippen LogP contribution in [-0.4, -0.2) is 30.6 Å². The fourth-order valence-electron chi connectivity index (χ4n) is 1.84. The normalized spacial score (nSPS) is 10.9. The van der Waals surface area contributed by atoms with Crippen molar-refractivity contribution in [1.82, 2.24) is 24.9 Å². The van der Waals surface area contributed by atoms with E-state index in [-0.39, 0.29) is 11.0 Å². The second kappa shape index (κ2) is 6.99. The zero-order valence-electron chi connectivity index (χ0n) is 12.7. The van der Waals surface area contributed by atoms with Gasteiger partial charge in [-0.3, -0.25) is 19.5 Å². The third kappa shape index (κ3) is 4.26. The first kappa shape index (κ1) is 15.9. The third-order valence-corrected chi connectivity index (χ3v) is 3.09. The summed E-state index contributed by atoms with van der Waals surface area (Å²) in [5.74, 6) is 0.414. The molecular formula is C14H18N6OS. The van der Waals surface area contributed by atoms with Gasteiger partial charge in [-0.2, -0.15) is 10.2 Å². The third-order valence-electron chi connectivity index (χ3n) is 2.88. The largest absolute Gasteiger partial charge is 0.317 e. The second-order valence-corrected chi connectivity index (χ2v) is 5.11. The number of aryl methyl sites for hydroxylation is 3. The Hall–Kier alpha value is -2.48. The highest BCUT2D eigenvalue weighted by Gasteiger charge is 2.06. The van der Waals surface area contributed by atoms with Crippen LogP contribution < -0.4 is 10.6 Å². The van der Waals surface area contributed by atoms with Gasteiger partial charge in [-0.25, -0.2) is 0 Å². The predicted molar refractivity (Wildman–Crippen MR) is 89.2 cm³/mol. The average Bonchev–Trinajstić information content (AvgIpc) is 3.03. The van der Waals surface area contributed by atoms with Gasteiger partial charge in [-0.1, -0.05) is 0 Å². The van der Waals surface area contributed by atoms with Crippen molar-refractivity contribution in [2.45, 2.75) is 20.4 Å². The first-order valence-electron chi connectivity index (χ1n) is 6.81. The summed E-state index contributed by atoms with van der Waals surface area (Å²) in [4.78, 5) is 11.8. The topological polar surface area (TPSA) is 76.8 Å². The zero-order valence-corrected chi connectivity index (χ0v) is 13.5. The number of rotatable bonds is 4. The molecule has 0 aromatic carbocycles. The summed E-state index contributed by atoms with van der Waals surface area (Å²) in [6, 6.07) is 1.84. The number of hydrogen-bond acceptors (Lipinski definition) is 4. The molecule has 2 N–H and O–H groups in total. The fraction of sp³-hybridized carbons (Fsp3) is 0.286. The van der Waals surface area contributed by atoms with Crippen molar-refractivity contribution in [3.63, 3.8) is 0 Å². The molecule has 0 spiro atoms. The lowest BCUT2D eigenvalue weighted by atomic mass is 10.3. The molecule has 7 nitrogen and oxygen atoms in total. The molecule has 2 rings (SSSR count). The molecule has 0 radical (unpaired) electrons. The molecule has 2 aromatic rings. The lowest BCUT2D eigenvalue weighted by Crippen LogP contribution is -2.33. The van der Waals surface area contributed by atoms with Crippen LogP contribution in [0.3, 0.4) is 0 Å². The van der Waals surface area contributed by atoms with Gasteiger partial charge >= 0.3 is 0 Å². The van der Waals surface area contributed by atoms with Gasteiger partial charge in [-0.15, -0.1) is 0 Å². The molecule has 0 atom stereocenters. The number of amides is 1. The van der Waals surface area contributed by atoms with Crippen LogP contribution in [0.1, 0.15) is 18.2 Å². The van der Waals surface area contributed by atoms with Crippen molar-refractivity contribution in [2.75, 3.05) is 5.32 Å². The number of hydrogen-bond donors (Lipinski definition) is 2. The Kier molecular flexibility index (Phi) is 5.05. The van der Waals surface area contributed by atoms with Crippen molar-refractivity contribution < 1.29 is 4.79 Å². The summed E-state index contributed by atoms with van der Waals surface area (Å²) in [7, 11) is 1.80. The number of carbonyl (C=O) groups is 1. The maximum atomic E-state index is 11.8. The first-order chi connectivity index (χ1) is 10.5. The minimum Gasteiger partial charge on any atom is -0.317 e. The number of aromatic nitrogens is 4. The Bertz CT molecular complexity index is 715. The Morgan fingerprint density at radius 2 is 2.27 bits per heavy atom. The lowest BCUT2D eigenvalue weighted by Gasteiger charge is -2.07. The Morgan fingerprint density at radius 3 is 2.86 bits per heavy atom.